The number of fused-ring (bicyclic) bond motifs is 1. The van der Waals surface area contributed by atoms with Crippen LogP contribution in [0.3, 0.4) is 0 Å². The van der Waals surface area contributed by atoms with Gasteiger partial charge in [-0.25, -0.2) is 17.2 Å². The fourth-order valence-electron chi connectivity index (χ4n) is 3.19. The van der Waals surface area contributed by atoms with Crippen LogP contribution in [-0.4, -0.2) is 20.6 Å². The second kappa shape index (κ2) is 8.90. The van der Waals surface area contributed by atoms with Crippen LogP contribution in [0.4, 0.5) is 20.2 Å². The highest BCUT2D eigenvalue weighted by atomic mass is 35.5. The number of sulfonamides is 1. The molecular weight excluding hydrogens is 513 g/mol. The summed E-state index contributed by atoms with van der Waals surface area (Å²) >= 11 is 13.5. The average molecular weight is 527 g/mol. The molecule has 1 heterocycles. The van der Waals surface area contributed by atoms with E-state index in [4.69, 9.17) is 23.2 Å². The summed E-state index contributed by atoms with van der Waals surface area (Å²) in [6.45, 7) is 0. The van der Waals surface area contributed by atoms with Crippen molar-refractivity contribution in [2.24, 2.45) is 0 Å². The first-order valence-electron chi connectivity index (χ1n) is 9.27. The summed E-state index contributed by atoms with van der Waals surface area (Å²) in [5.74, 6) is -1.90. The van der Waals surface area contributed by atoms with Crippen molar-refractivity contribution in [2.75, 3.05) is 16.3 Å². The Balaban J connectivity index is 1.63. The molecule has 0 radical (unpaired) electrons. The van der Waals surface area contributed by atoms with Crippen molar-refractivity contribution >= 4 is 71.9 Å². The molecule has 11 heteroatoms. The van der Waals surface area contributed by atoms with E-state index in [-0.39, 0.29) is 21.3 Å². The zero-order chi connectivity index (χ0) is 23.9. The molecule has 3 aromatic carbocycles. The second-order valence-electron chi connectivity index (χ2n) is 7.16. The van der Waals surface area contributed by atoms with E-state index < -0.39 is 27.6 Å². The van der Waals surface area contributed by atoms with Gasteiger partial charge >= 0.3 is 0 Å². The van der Waals surface area contributed by atoms with E-state index in [2.05, 4.69) is 10.0 Å². The molecule has 4 aromatic rings. The molecule has 5 nitrogen and oxygen atoms in total. The number of halogens is 4. The summed E-state index contributed by atoms with van der Waals surface area (Å²) in [6.07, 6.45) is 1.01. The van der Waals surface area contributed by atoms with Crippen LogP contribution < -0.4 is 10.0 Å². The van der Waals surface area contributed by atoms with Crippen LogP contribution in [-0.2, 0) is 10.0 Å². The summed E-state index contributed by atoms with van der Waals surface area (Å²) in [7, 11) is -3.53. The molecule has 0 aliphatic carbocycles. The third-order valence-electron chi connectivity index (χ3n) is 4.52. The summed E-state index contributed by atoms with van der Waals surface area (Å²) in [5, 5.41) is 3.79. The zero-order valence-electron chi connectivity index (χ0n) is 16.7. The topological polar surface area (TPSA) is 75.3 Å². The van der Waals surface area contributed by atoms with E-state index in [1.807, 2.05) is 0 Å². The number of hydrogen-bond donors (Lipinski definition) is 2. The maximum absolute atomic E-state index is 14.2. The highest BCUT2D eigenvalue weighted by Gasteiger charge is 2.15. The van der Waals surface area contributed by atoms with Gasteiger partial charge in [0.2, 0.25) is 10.0 Å². The minimum Gasteiger partial charge on any atom is -0.321 e. The van der Waals surface area contributed by atoms with E-state index in [0.29, 0.717) is 26.2 Å². The third-order valence-corrected chi connectivity index (χ3v) is 6.74. The number of benzene rings is 3. The Morgan fingerprint density at radius 1 is 1.00 bits per heavy atom. The van der Waals surface area contributed by atoms with E-state index in [0.717, 1.165) is 18.4 Å². The van der Waals surface area contributed by atoms with Crippen LogP contribution in [0, 0.1) is 11.6 Å². The van der Waals surface area contributed by atoms with Gasteiger partial charge in [0.25, 0.3) is 5.91 Å². The molecule has 0 saturated heterocycles. The SMILES string of the molecule is CS(=O)(=O)Nc1cc2cc(C(=O)Nc3cc(Cl)cc(-c4ccc(F)cc4F)c3)sc2cc1Cl. The highest BCUT2D eigenvalue weighted by Crippen LogP contribution is 2.35. The Labute approximate surface area is 202 Å². The van der Waals surface area contributed by atoms with E-state index in [9.17, 15) is 22.0 Å². The van der Waals surface area contributed by atoms with E-state index >= 15 is 0 Å². The smallest absolute Gasteiger partial charge is 0.265 e. The largest absolute Gasteiger partial charge is 0.321 e. The van der Waals surface area contributed by atoms with Gasteiger partial charge in [0.15, 0.2) is 0 Å². The molecule has 0 atom stereocenters. The number of nitrogens with one attached hydrogen (secondary N) is 2. The van der Waals surface area contributed by atoms with Crippen molar-refractivity contribution in [2.45, 2.75) is 0 Å². The van der Waals surface area contributed by atoms with Crippen LogP contribution >= 0.6 is 34.5 Å². The molecule has 1 amide bonds. The quantitative estimate of drug-likeness (QED) is 0.301. The lowest BCUT2D eigenvalue weighted by Gasteiger charge is -2.09. The Hall–Kier alpha value is -2.72. The molecule has 0 aliphatic rings. The molecule has 0 saturated carbocycles. The first-order valence-corrected chi connectivity index (χ1v) is 12.7. The van der Waals surface area contributed by atoms with Gasteiger partial charge < -0.3 is 5.32 Å². The Morgan fingerprint density at radius 2 is 1.76 bits per heavy atom. The monoisotopic (exact) mass is 526 g/mol. The number of amides is 1. The molecule has 33 heavy (non-hydrogen) atoms. The van der Waals surface area contributed by atoms with Gasteiger partial charge in [-0.2, -0.15) is 0 Å². The fourth-order valence-corrected chi connectivity index (χ4v) is 5.30. The van der Waals surface area contributed by atoms with Crippen LogP contribution in [0.25, 0.3) is 21.2 Å². The number of carbonyl (C=O) groups is 1. The van der Waals surface area contributed by atoms with Gasteiger partial charge in [0.05, 0.1) is 21.8 Å². The fraction of sp³-hybridized carbons (Fsp3) is 0.0455. The number of thiophene rings is 1. The maximum Gasteiger partial charge on any atom is 0.265 e. The lowest BCUT2D eigenvalue weighted by atomic mass is 10.0. The Kier molecular flexibility index (Phi) is 6.32. The molecule has 2 N–H and O–H groups in total. The molecule has 170 valence electrons. The first-order chi connectivity index (χ1) is 15.5. The minimum absolute atomic E-state index is 0.136. The van der Waals surface area contributed by atoms with Gasteiger partial charge in [-0.15, -0.1) is 11.3 Å². The number of rotatable bonds is 5. The van der Waals surface area contributed by atoms with Crippen molar-refractivity contribution in [1.29, 1.82) is 0 Å². The van der Waals surface area contributed by atoms with E-state index in [1.54, 1.807) is 18.2 Å². The standard InChI is InChI=1S/C22H14Cl2F2N2O3S2/c1-33(30,31)28-19-6-12-7-21(32-20(12)10-17(19)24)22(29)27-15-5-11(4-13(23)8-15)16-3-2-14(25)9-18(16)26/h2-10,28H,1H3,(H,27,29). The molecule has 0 aliphatic heterocycles. The van der Waals surface area contributed by atoms with Crippen molar-refractivity contribution in [3.63, 3.8) is 0 Å². The van der Waals surface area contributed by atoms with Crippen LogP contribution in [0.1, 0.15) is 9.67 Å². The lowest BCUT2D eigenvalue weighted by molar-refractivity contribution is 0.103. The summed E-state index contributed by atoms with van der Waals surface area (Å²) in [4.78, 5) is 13.2. The lowest BCUT2D eigenvalue weighted by Crippen LogP contribution is -2.10. The molecule has 0 fully saturated rings. The van der Waals surface area contributed by atoms with Crippen LogP contribution in [0.5, 0.6) is 0 Å². The second-order valence-corrected chi connectivity index (χ2v) is 10.8. The molecule has 0 spiro atoms. The Morgan fingerprint density at radius 3 is 2.45 bits per heavy atom. The Bertz CT molecular complexity index is 1520. The van der Waals surface area contributed by atoms with Gasteiger partial charge in [-0.05, 0) is 59.5 Å². The summed E-state index contributed by atoms with van der Waals surface area (Å²) in [5.41, 5.74) is 1.03. The zero-order valence-corrected chi connectivity index (χ0v) is 19.9. The number of carbonyl (C=O) groups excluding carboxylic acids is 1. The van der Waals surface area contributed by atoms with Crippen molar-refractivity contribution in [3.8, 4) is 11.1 Å². The molecule has 4 rings (SSSR count). The summed E-state index contributed by atoms with van der Waals surface area (Å²) in [6, 6.07) is 12.4. The molecule has 1 aromatic heterocycles. The first kappa shape index (κ1) is 23.4. The normalized spacial score (nSPS) is 11.5. The maximum atomic E-state index is 14.2. The highest BCUT2D eigenvalue weighted by molar-refractivity contribution is 7.92. The predicted molar refractivity (Wildman–Crippen MR) is 130 cm³/mol. The molecule has 0 bridgehead atoms. The predicted octanol–water partition coefficient (Wildman–Crippen LogP) is 6.78. The average Bonchev–Trinajstić information content (AvgIpc) is 3.09. The van der Waals surface area contributed by atoms with Gasteiger partial charge in [-0.3, -0.25) is 9.52 Å². The summed E-state index contributed by atoms with van der Waals surface area (Å²) < 4.78 is 53.5. The third kappa shape index (κ3) is 5.44. The minimum atomic E-state index is -3.53. The number of anilines is 2. The van der Waals surface area contributed by atoms with Gasteiger partial charge in [-0.1, -0.05) is 23.2 Å². The van der Waals surface area contributed by atoms with Crippen molar-refractivity contribution < 1.29 is 22.0 Å². The van der Waals surface area contributed by atoms with Gasteiger partial charge in [0, 0.05) is 27.0 Å². The molecular formula is C22H14Cl2F2N2O3S2. The van der Waals surface area contributed by atoms with Crippen molar-refractivity contribution in [3.05, 3.63) is 81.2 Å². The van der Waals surface area contributed by atoms with Crippen LogP contribution in [0.2, 0.25) is 10.0 Å². The van der Waals surface area contributed by atoms with Crippen molar-refractivity contribution in [1.82, 2.24) is 0 Å². The van der Waals surface area contributed by atoms with E-state index in [1.165, 1.54) is 35.6 Å². The molecule has 0 unspecified atom stereocenters. The number of hydrogen-bond acceptors (Lipinski definition) is 4. The van der Waals surface area contributed by atoms with Crippen LogP contribution in [0.15, 0.2) is 54.6 Å². The van der Waals surface area contributed by atoms with Gasteiger partial charge in [0.1, 0.15) is 11.6 Å².